The van der Waals surface area contributed by atoms with E-state index in [2.05, 4.69) is 24.4 Å². The van der Waals surface area contributed by atoms with E-state index in [1.165, 1.54) is 12.8 Å². The van der Waals surface area contributed by atoms with Crippen molar-refractivity contribution in [2.75, 3.05) is 11.9 Å². The predicted molar refractivity (Wildman–Crippen MR) is 72.6 cm³/mol. The van der Waals surface area contributed by atoms with E-state index >= 15 is 0 Å². The van der Waals surface area contributed by atoms with Crippen LogP contribution >= 0.6 is 0 Å². The topological polar surface area (TPSA) is 45.0 Å². The molecule has 0 heterocycles. The van der Waals surface area contributed by atoms with Gasteiger partial charge in [0.05, 0.1) is 12.7 Å². The van der Waals surface area contributed by atoms with Crippen LogP contribution in [0.15, 0.2) is 24.3 Å². The maximum absolute atomic E-state index is 8.45. The Balaban J connectivity index is 1.79. The van der Waals surface area contributed by atoms with Crippen LogP contribution in [0.5, 0.6) is 5.75 Å². The fraction of sp³-hybridized carbons (Fsp3) is 0.533. The molecular weight excluding hydrogens is 224 g/mol. The highest BCUT2D eigenvalue weighted by Gasteiger charge is 2.24. The number of ether oxygens (including phenoxy) is 1. The normalized spacial score (nSPS) is 21.8. The van der Waals surface area contributed by atoms with Crippen LogP contribution in [0.25, 0.3) is 0 Å². The van der Waals surface area contributed by atoms with Crippen LogP contribution in [0.2, 0.25) is 0 Å². The molecule has 0 unspecified atom stereocenters. The van der Waals surface area contributed by atoms with Crippen LogP contribution in [-0.2, 0) is 0 Å². The lowest BCUT2D eigenvalue weighted by Gasteiger charge is -2.34. The molecule has 0 bridgehead atoms. The summed E-state index contributed by atoms with van der Waals surface area (Å²) in [5.74, 6) is 1.73. The highest BCUT2D eigenvalue weighted by atomic mass is 16.5. The predicted octanol–water partition coefficient (Wildman–Crippen LogP) is 3.58. The van der Waals surface area contributed by atoms with Gasteiger partial charge in [-0.15, -0.1) is 0 Å². The van der Waals surface area contributed by atoms with Crippen molar-refractivity contribution >= 4 is 5.69 Å². The van der Waals surface area contributed by atoms with Gasteiger partial charge in [-0.25, -0.2) is 0 Å². The van der Waals surface area contributed by atoms with Crippen molar-refractivity contribution in [1.29, 1.82) is 5.26 Å². The summed E-state index contributed by atoms with van der Waals surface area (Å²) < 4.78 is 5.61. The molecule has 3 heteroatoms. The summed E-state index contributed by atoms with van der Waals surface area (Å²) in [7, 11) is 0. The van der Waals surface area contributed by atoms with Gasteiger partial charge in [-0.3, -0.25) is 0 Å². The Bertz CT molecular complexity index is 419. The molecule has 0 radical (unpaired) electrons. The van der Waals surface area contributed by atoms with E-state index < -0.39 is 0 Å². The molecule has 96 valence electrons. The minimum absolute atomic E-state index is 0.553. The molecule has 18 heavy (non-hydrogen) atoms. The van der Waals surface area contributed by atoms with Gasteiger partial charge in [0, 0.05) is 24.2 Å². The lowest BCUT2D eigenvalue weighted by Crippen LogP contribution is -2.33. The van der Waals surface area contributed by atoms with Crippen LogP contribution in [0.3, 0.4) is 0 Å². The molecule has 0 aromatic heterocycles. The SMILES string of the molecule is CC1CC(Nc2cccc(OCCCC#N)c2)C1. The molecule has 0 saturated heterocycles. The fourth-order valence-electron chi connectivity index (χ4n) is 2.27. The zero-order chi connectivity index (χ0) is 12.8. The second kappa shape index (κ2) is 6.30. The summed E-state index contributed by atoms with van der Waals surface area (Å²) in [4.78, 5) is 0. The lowest BCUT2D eigenvalue weighted by atomic mass is 9.82. The van der Waals surface area contributed by atoms with E-state index in [1.54, 1.807) is 0 Å². The average molecular weight is 244 g/mol. The van der Waals surface area contributed by atoms with Crippen molar-refractivity contribution in [3.05, 3.63) is 24.3 Å². The van der Waals surface area contributed by atoms with Crippen LogP contribution in [0, 0.1) is 17.2 Å². The molecule has 0 amide bonds. The number of nitriles is 1. The lowest BCUT2D eigenvalue weighted by molar-refractivity contribution is 0.307. The molecule has 3 nitrogen and oxygen atoms in total. The number of hydrogen-bond acceptors (Lipinski definition) is 3. The zero-order valence-electron chi connectivity index (χ0n) is 10.9. The number of nitrogens with one attached hydrogen (secondary N) is 1. The van der Waals surface area contributed by atoms with Gasteiger partial charge in [0.2, 0.25) is 0 Å². The van der Waals surface area contributed by atoms with Gasteiger partial charge < -0.3 is 10.1 Å². The molecular formula is C15H20N2O. The van der Waals surface area contributed by atoms with Gasteiger partial charge in [0.1, 0.15) is 5.75 Å². The zero-order valence-corrected chi connectivity index (χ0v) is 10.9. The maximum Gasteiger partial charge on any atom is 0.121 e. The summed E-state index contributed by atoms with van der Waals surface area (Å²) in [6, 6.07) is 10.8. The quantitative estimate of drug-likeness (QED) is 0.778. The monoisotopic (exact) mass is 244 g/mol. The van der Waals surface area contributed by atoms with E-state index in [0.717, 1.165) is 23.8 Å². The second-order valence-corrected chi connectivity index (χ2v) is 5.06. The van der Waals surface area contributed by atoms with Crippen molar-refractivity contribution in [1.82, 2.24) is 0 Å². The van der Waals surface area contributed by atoms with Crippen molar-refractivity contribution in [2.45, 2.75) is 38.6 Å². The van der Waals surface area contributed by atoms with Gasteiger partial charge in [-0.2, -0.15) is 5.26 Å². The molecule has 1 aliphatic carbocycles. The van der Waals surface area contributed by atoms with Crippen LogP contribution in [0.1, 0.15) is 32.6 Å². The molecule has 0 atom stereocenters. The highest BCUT2D eigenvalue weighted by molar-refractivity contribution is 5.49. The first-order valence-electron chi connectivity index (χ1n) is 6.64. The van der Waals surface area contributed by atoms with E-state index in [9.17, 15) is 0 Å². The van der Waals surface area contributed by atoms with E-state index in [-0.39, 0.29) is 0 Å². The number of hydrogen-bond donors (Lipinski definition) is 1. The van der Waals surface area contributed by atoms with Gasteiger partial charge in [-0.1, -0.05) is 13.0 Å². The number of anilines is 1. The van der Waals surface area contributed by atoms with E-state index in [1.807, 2.05) is 18.2 Å². The molecule has 1 aliphatic rings. The third-order valence-corrected chi connectivity index (χ3v) is 3.28. The first-order valence-corrected chi connectivity index (χ1v) is 6.64. The summed E-state index contributed by atoms with van der Waals surface area (Å²) in [5.41, 5.74) is 1.13. The molecule has 0 aliphatic heterocycles. The fourth-order valence-corrected chi connectivity index (χ4v) is 2.27. The van der Waals surface area contributed by atoms with Gasteiger partial charge in [0.25, 0.3) is 0 Å². The average Bonchev–Trinajstić information content (AvgIpc) is 2.33. The molecule has 1 aromatic rings. The smallest absolute Gasteiger partial charge is 0.121 e. The minimum Gasteiger partial charge on any atom is -0.493 e. The van der Waals surface area contributed by atoms with Crippen molar-refractivity contribution < 1.29 is 4.74 Å². The van der Waals surface area contributed by atoms with Crippen LogP contribution in [0.4, 0.5) is 5.69 Å². The Hall–Kier alpha value is -1.69. The summed E-state index contributed by atoms with van der Waals surface area (Å²) >= 11 is 0. The van der Waals surface area contributed by atoms with Crippen LogP contribution < -0.4 is 10.1 Å². The first kappa shape index (κ1) is 12.8. The second-order valence-electron chi connectivity index (χ2n) is 5.06. The number of unbranched alkanes of at least 4 members (excludes halogenated alkanes) is 1. The van der Waals surface area contributed by atoms with Crippen molar-refractivity contribution in [3.63, 3.8) is 0 Å². The number of rotatable bonds is 6. The van der Waals surface area contributed by atoms with E-state index in [4.69, 9.17) is 10.00 Å². The van der Waals surface area contributed by atoms with Gasteiger partial charge in [-0.05, 0) is 37.3 Å². The highest BCUT2D eigenvalue weighted by Crippen LogP contribution is 2.30. The van der Waals surface area contributed by atoms with Crippen molar-refractivity contribution in [2.24, 2.45) is 5.92 Å². The Labute approximate surface area is 109 Å². The summed E-state index contributed by atoms with van der Waals surface area (Å²) in [6.45, 7) is 2.89. The molecule has 1 saturated carbocycles. The Morgan fingerprint density at radius 2 is 2.28 bits per heavy atom. The molecule has 1 aromatic carbocycles. The van der Waals surface area contributed by atoms with Crippen LogP contribution in [-0.4, -0.2) is 12.6 Å². The number of benzene rings is 1. The van der Waals surface area contributed by atoms with Crippen molar-refractivity contribution in [3.8, 4) is 11.8 Å². The molecule has 1 N–H and O–H groups in total. The first-order chi connectivity index (χ1) is 8.78. The third kappa shape index (κ3) is 3.66. The largest absolute Gasteiger partial charge is 0.493 e. The Kier molecular flexibility index (Phi) is 4.46. The molecule has 2 rings (SSSR count). The summed E-state index contributed by atoms with van der Waals surface area (Å²) in [5, 5.41) is 12.0. The Morgan fingerprint density at radius 1 is 1.44 bits per heavy atom. The number of nitrogens with zero attached hydrogens (tertiary/aromatic N) is 1. The standard InChI is InChI=1S/C15H20N2O/c1-12-9-14(10-12)17-13-5-4-6-15(11-13)18-8-3-2-7-16/h4-6,11-12,14,17H,2-3,8-10H2,1H3. The van der Waals surface area contributed by atoms with Gasteiger partial charge >= 0.3 is 0 Å². The van der Waals surface area contributed by atoms with E-state index in [0.29, 0.717) is 19.1 Å². The Morgan fingerprint density at radius 3 is 3.00 bits per heavy atom. The molecule has 0 spiro atoms. The molecule has 1 fully saturated rings. The minimum atomic E-state index is 0.553. The van der Waals surface area contributed by atoms with Gasteiger partial charge in [0.15, 0.2) is 0 Å². The maximum atomic E-state index is 8.45. The third-order valence-electron chi connectivity index (χ3n) is 3.28. The summed E-state index contributed by atoms with van der Waals surface area (Å²) in [6.07, 6.45) is 3.85.